The van der Waals surface area contributed by atoms with Crippen molar-refractivity contribution in [1.82, 2.24) is 10.2 Å². The first-order chi connectivity index (χ1) is 8.81. The van der Waals surface area contributed by atoms with Crippen LogP contribution in [0, 0.1) is 5.92 Å². The number of aliphatic carboxylic acids is 1. The quantitative estimate of drug-likeness (QED) is 0.686. The lowest BCUT2D eigenvalue weighted by molar-refractivity contribution is -0.151. The van der Waals surface area contributed by atoms with Crippen molar-refractivity contribution in [2.24, 2.45) is 5.92 Å². The molecule has 2 atom stereocenters. The van der Waals surface area contributed by atoms with E-state index in [0.29, 0.717) is 0 Å². The van der Waals surface area contributed by atoms with Crippen molar-refractivity contribution in [3.63, 3.8) is 0 Å². The van der Waals surface area contributed by atoms with Crippen LogP contribution in [0.3, 0.4) is 0 Å². The number of amides is 2. The summed E-state index contributed by atoms with van der Waals surface area (Å²) in [7, 11) is 0. The second-order valence-electron chi connectivity index (χ2n) is 4.72. The lowest BCUT2D eigenvalue weighted by atomic mass is 10.0. The summed E-state index contributed by atoms with van der Waals surface area (Å²) in [5, 5.41) is 11.6. The van der Waals surface area contributed by atoms with E-state index in [2.05, 4.69) is 5.32 Å². The summed E-state index contributed by atoms with van der Waals surface area (Å²) in [5.41, 5.74) is 0. The largest absolute Gasteiger partial charge is 0.480 e. The minimum Gasteiger partial charge on any atom is -0.480 e. The molecular formula is C13H24N2O4. The lowest BCUT2D eigenvalue weighted by Gasteiger charge is -2.29. The van der Waals surface area contributed by atoms with Gasteiger partial charge in [-0.15, -0.1) is 0 Å². The summed E-state index contributed by atoms with van der Waals surface area (Å²) in [6.07, 6.45) is 1.59. The first-order valence-corrected chi connectivity index (χ1v) is 6.58. The molecule has 0 radical (unpaired) electrons. The van der Waals surface area contributed by atoms with Crippen LogP contribution in [-0.2, 0) is 14.4 Å². The average molecular weight is 272 g/mol. The van der Waals surface area contributed by atoms with E-state index in [1.165, 1.54) is 18.7 Å². The predicted molar refractivity (Wildman–Crippen MR) is 71.6 cm³/mol. The highest BCUT2D eigenvalue weighted by molar-refractivity contribution is 5.84. The molecule has 19 heavy (non-hydrogen) atoms. The summed E-state index contributed by atoms with van der Waals surface area (Å²) in [5.74, 6) is -1.62. The summed E-state index contributed by atoms with van der Waals surface area (Å²) in [4.78, 5) is 35.4. The maximum absolute atomic E-state index is 12.2. The Bertz CT molecular complexity index is 331. The molecule has 2 amide bonds. The smallest absolute Gasteiger partial charge is 0.326 e. The molecule has 0 saturated heterocycles. The second kappa shape index (κ2) is 8.50. The van der Waals surface area contributed by atoms with Crippen molar-refractivity contribution >= 4 is 17.8 Å². The predicted octanol–water partition coefficient (Wildman–Crippen LogP) is 0.860. The minimum absolute atomic E-state index is 0.179. The van der Waals surface area contributed by atoms with Gasteiger partial charge in [0.05, 0.1) is 0 Å². The molecule has 0 aromatic carbocycles. The number of nitrogens with one attached hydrogen (secondary N) is 1. The van der Waals surface area contributed by atoms with E-state index in [1.807, 2.05) is 6.92 Å². The second-order valence-corrected chi connectivity index (χ2v) is 4.72. The molecule has 0 aliphatic rings. The van der Waals surface area contributed by atoms with Gasteiger partial charge in [-0.1, -0.05) is 20.3 Å². The molecule has 0 aliphatic carbocycles. The molecule has 0 heterocycles. The lowest BCUT2D eigenvalue weighted by Crippen LogP contribution is -2.48. The van der Waals surface area contributed by atoms with Crippen molar-refractivity contribution in [2.75, 3.05) is 13.1 Å². The Balaban J connectivity index is 4.70. The van der Waals surface area contributed by atoms with E-state index < -0.39 is 12.0 Å². The maximum atomic E-state index is 12.2. The van der Waals surface area contributed by atoms with Crippen LogP contribution in [0.25, 0.3) is 0 Å². The number of nitrogens with zero attached hydrogens (tertiary/aromatic N) is 1. The van der Waals surface area contributed by atoms with Crippen LogP contribution in [0.4, 0.5) is 0 Å². The third-order valence-corrected chi connectivity index (χ3v) is 2.98. The molecule has 0 spiro atoms. The number of carboxylic acids is 1. The summed E-state index contributed by atoms with van der Waals surface area (Å²) >= 11 is 0. The molecule has 0 saturated carbocycles. The van der Waals surface area contributed by atoms with Crippen LogP contribution in [0.2, 0.25) is 0 Å². The van der Waals surface area contributed by atoms with E-state index in [1.54, 1.807) is 6.92 Å². The summed E-state index contributed by atoms with van der Waals surface area (Å²) < 4.78 is 0. The van der Waals surface area contributed by atoms with Crippen LogP contribution < -0.4 is 5.32 Å². The highest BCUT2D eigenvalue weighted by Gasteiger charge is 2.28. The van der Waals surface area contributed by atoms with Crippen LogP contribution >= 0.6 is 0 Å². The van der Waals surface area contributed by atoms with E-state index >= 15 is 0 Å². The van der Waals surface area contributed by atoms with Crippen molar-refractivity contribution in [3.05, 3.63) is 0 Å². The van der Waals surface area contributed by atoms with Crippen LogP contribution in [0.5, 0.6) is 0 Å². The zero-order valence-corrected chi connectivity index (χ0v) is 12.1. The molecular weight excluding hydrogens is 248 g/mol. The van der Waals surface area contributed by atoms with Gasteiger partial charge < -0.3 is 15.3 Å². The van der Waals surface area contributed by atoms with Gasteiger partial charge in [-0.25, -0.2) is 4.79 Å². The SMILES string of the molecule is CCCC(C)C(=O)N(CCNC(C)=O)C(C)C(=O)O. The fourth-order valence-electron chi connectivity index (χ4n) is 1.82. The number of rotatable bonds is 8. The third-order valence-electron chi connectivity index (χ3n) is 2.98. The third kappa shape index (κ3) is 6.22. The molecule has 0 rings (SSSR count). The molecule has 0 bridgehead atoms. The monoisotopic (exact) mass is 272 g/mol. The molecule has 0 fully saturated rings. The van der Waals surface area contributed by atoms with Gasteiger partial charge in [0.1, 0.15) is 6.04 Å². The molecule has 2 N–H and O–H groups in total. The highest BCUT2D eigenvalue weighted by Crippen LogP contribution is 2.12. The van der Waals surface area contributed by atoms with Gasteiger partial charge in [0.2, 0.25) is 11.8 Å². The van der Waals surface area contributed by atoms with Crippen LogP contribution in [-0.4, -0.2) is 46.9 Å². The normalized spacial score (nSPS) is 13.5. The van der Waals surface area contributed by atoms with Crippen molar-refractivity contribution in [3.8, 4) is 0 Å². The number of carboxylic acid groups (broad SMARTS) is 1. The van der Waals surface area contributed by atoms with E-state index in [0.717, 1.165) is 12.8 Å². The maximum Gasteiger partial charge on any atom is 0.326 e. The molecule has 110 valence electrons. The van der Waals surface area contributed by atoms with Gasteiger partial charge in [-0.05, 0) is 13.3 Å². The van der Waals surface area contributed by atoms with E-state index in [9.17, 15) is 14.4 Å². The molecule has 6 nitrogen and oxygen atoms in total. The minimum atomic E-state index is -1.04. The Morgan fingerprint density at radius 2 is 1.84 bits per heavy atom. The average Bonchev–Trinajstić information content (AvgIpc) is 2.33. The Labute approximate surface area is 114 Å². The van der Waals surface area contributed by atoms with Gasteiger partial charge in [0.25, 0.3) is 0 Å². The highest BCUT2D eigenvalue weighted by atomic mass is 16.4. The fourth-order valence-corrected chi connectivity index (χ4v) is 1.82. The number of hydrogen-bond donors (Lipinski definition) is 2. The standard InChI is InChI=1S/C13H24N2O4/c1-5-6-9(2)12(17)15(10(3)13(18)19)8-7-14-11(4)16/h9-10H,5-8H2,1-4H3,(H,14,16)(H,18,19). The molecule has 2 unspecified atom stereocenters. The molecule has 0 aliphatic heterocycles. The van der Waals surface area contributed by atoms with Gasteiger partial charge in [-0.2, -0.15) is 0 Å². The van der Waals surface area contributed by atoms with E-state index in [-0.39, 0.29) is 30.8 Å². The first-order valence-electron chi connectivity index (χ1n) is 6.58. The Morgan fingerprint density at radius 1 is 1.26 bits per heavy atom. The van der Waals surface area contributed by atoms with Crippen molar-refractivity contribution < 1.29 is 19.5 Å². The van der Waals surface area contributed by atoms with Crippen molar-refractivity contribution in [1.29, 1.82) is 0 Å². The van der Waals surface area contributed by atoms with Gasteiger partial charge >= 0.3 is 5.97 Å². The molecule has 0 aromatic rings. The molecule has 0 aromatic heterocycles. The van der Waals surface area contributed by atoms with Crippen LogP contribution in [0.1, 0.15) is 40.5 Å². The summed E-state index contributed by atoms with van der Waals surface area (Å²) in [6.45, 7) is 7.11. The number of hydrogen-bond acceptors (Lipinski definition) is 3. The van der Waals surface area contributed by atoms with E-state index in [4.69, 9.17) is 5.11 Å². The van der Waals surface area contributed by atoms with Crippen LogP contribution in [0.15, 0.2) is 0 Å². The topological polar surface area (TPSA) is 86.7 Å². The summed E-state index contributed by atoms with van der Waals surface area (Å²) in [6, 6.07) is -0.888. The Hall–Kier alpha value is -1.59. The first kappa shape index (κ1) is 17.4. The van der Waals surface area contributed by atoms with Crippen molar-refractivity contribution in [2.45, 2.75) is 46.6 Å². The Kier molecular flexibility index (Phi) is 7.79. The van der Waals surface area contributed by atoms with Gasteiger partial charge in [0, 0.05) is 25.9 Å². The number of carbonyl (C=O) groups excluding carboxylic acids is 2. The zero-order valence-electron chi connectivity index (χ0n) is 12.1. The Morgan fingerprint density at radius 3 is 2.26 bits per heavy atom. The molecule has 6 heteroatoms. The zero-order chi connectivity index (χ0) is 15.0. The number of carbonyl (C=O) groups is 3. The fraction of sp³-hybridized carbons (Fsp3) is 0.769. The van der Waals surface area contributed by atoms with Gasteiger partial charge in [0.15, 0.2) is 0 Å². The van der Waals surface area contributed by atoms with Gasteiger partial charge in [-0.3, -0.25) is 9.59 Å².